The first-order valence-corrected chi connectivity index (χ1v) is 7.54. The molecule has 0 spiro atoms. The van der Waals surface area contributed by atoms with E-state index in [4.69, 9.17) is 22.3 Å². The summed E-state index contributed by atoms with van der Waals surface area (Å²) in [6.07, 6.45) is -0.0269. The standard InChI is InChI=1S/C10H8Cl2FNO3S/c1-10(5-9(15)14(10)18(12,16)17)6-2-3-8(13)7(11)4-6/h2-4H,5H2,1H3. The minimum absolute atomic E-state index is 0.0269. The van der Waals surface area contributed by atoms with Gasteiger partial charge in [0.25, 0.3) is 0 Å². The molecule has 1 atom stereocenters. The average Bonchev–Trinajstić information content (AvgIpc) is 2.18. The molecule has 1 aliphatic rings. The molecule has 1 aromatic carbocycles. The van der Waals surface area contributed by atoms with Crippen LogP contribution in [0.15, 0.2) is 18.2 Å². The lowest BCUT2D eigenvalue weighted by Gasteiger charge is -2.47. The number of carbonyl (C=O) groups excluding carboxylic acids is 1. The van der Waals surface area contributed by atoms with Gasteiger partial charge in [-0.2, -0.15) is 8.42 Å². The molecule has 0 N–H and O–H groups in total. The highest BCUT2D eigenvalue weighted by atomic mass is 35.7. The lowest BCUT2D eigenvalue weighted by molar-refractivity contribution is -0.144. The van der Waals surface area contributed by atoms with Gasteiger partial charge in [0.2, 0.25) is 5.91 Å². The van der Waals surface area contributed by atoms with Crippen molar-refractivity contribution in [1.82, 2.24) is 4.31 Å². The van der Waals surface area contributed by atoms with Gasteiger partial charge in [-0.05, 0) is 24.6 Å². The van der Waals surface area contributed by atoms with E-state index in [0.29, 0.717) is 9.87 Å². The number of hydrogen-bond acceptors (Lipinski definition) is 3. The van der Waals surface area contributed by atoms with Crippen molar-refractivity contribution >= 4 is 37.4 Å². The Morgan fingerprint density at radius 2 is 2.06 bits per heavy atom. The van der Waals surface area contributed by atoms with Crippen molar-refractivity contribution in [3.05, 3.63) is 34.6 Å². The van der Waals surface area contributed by atoms with Gasteiger partial charge in [-0.15, -0.1) is 0 Å². The molecular formula is C10H8Cl2FNO3S. The number of amides is 1. The Bertz CT molecular complexity index is 634. The molecule has 1 saturated heterocycles. The fraction of sp³-hybridized carbons (Fsp3) is 0.300. The maximum absolute atomic E-state index is 13.1. The van der Waals surface area contributed by atoms with Crippen LogP contribution in [-0.2, 0) is 19.6 Å². The van der Waals surface area contributed by atoms with Gasteiger partial charge in [0.15, 0.2) is 0 Å². The summed E-state index contributed by atoms with van der Waals surface area (Å²) >= 11 is 5.64. The molecule has 4 nitrogen and oxygen atoms in total. The van der Waals surface area contributed by atoms with Crippen molar-refractivity contribution in [3.63, 3.8) is 0 Å². The van der Waals surface area contributed by atoms with Gasteiger partial charge >= 0.3 is 9.24 Å². The van der Waals surface area contributed by atoms with Crippen LogP contribution in [0.4, 0.5) is 4.39 Å². The van der Waals surface area contributed by atoms with Crippen LogP contribution in [0.2, 0.25) is 5.02 Å². The Morgan fingerprint density at radius 3 is 2.50 bits per heavy atom. The summed E-state index contributed by atoms with van der Waals surface area (Å²) < 4.78 is 36.3. The van der Waals surface area contributed by atoms with Crippen LogP contribution in [0.25, 0.3) is 0 Å². The van der Waals surface area contributed by atoms with Crippen molar-refractivity contribution in [3.8, 4) is 0 Å². The van der Waals surface area contributed by atoms with Crippen LogP contribution < -0.4 is 0 Å². The van der Waals surface area contributed by atoms with Gasteiger partial charge in [-0.25, -0.2) is 8.70 Å². The molecule has 18 heavy (non-hydrogen) atoms. The third kappa shape index (κ3) is 1.98. The van der Waals surface area contributed by atoms with Crippen LogP contribution in [0.1, 0.15) is 18.9 Å². The van der Waals surface area contributed by atoms with E-state index in [-0.39, 0.29) is 11.4 Å². The van der Waals surface area contributed by atoms with Crippen LogP contribution in [0, 0.1) is 5.82 Å². The highest BCUT2D eigenvalue weighted by molar-refractivity contribution is 8.12. The highest BCUT2D eigenvalue weighted by Gasteiger charge is 2.54. The van der Waals surface area contributed by atoms with Gasteiger partial charge in [0, 0.05) is 10.7 Å². The second-order valence-electron chi connectivity index (χ2n) is 4.18. The van der Waals surface area contributed by atoms with E-state index < -0.39 is 26.5 Å². The fourth-order valence-electron chi connectivity index (χ4n) is 2.03. The van der Waals surface area contributed by atoms with Crippen molar-refractivity contribution in [2.75, 3.05) is 0 Å². The third-order valence-electron chi connectivity index (χ3n) is 2.93. The molecule has 0 saturated carbocycles. The summed E-state index contributed by atoms with van der Waals surface area (Å²) in [6, 6.07) is 3.78. The van der Waals surface area contributed by atoms with E-state index in [1.54, 1.807) is 0 Å². The molecule has 1 heterocycles. The minimum atomic E-state index is -4.17. The number of halogens is 3. The zero-order chi connectivity index (χ0) is 13.7. The zero-order valence-corrected chi connectivity index (χ0v) is 11.5. The molecule has 98 valence electrons. The van der Waals surface area contributed by atoms with E-state index in [1.165, 1.54) is 19.1 Å². The summed E-state index contributed by atoms with van der Waals surface area (Å²) in [6.45, 7) is 1.53. The Morgan fingerprint density at radius 1 is 1.44 bits per heavy atom. The van der Waals surface area contributed by atoms with Gasteiger partial charge in [0.05, 0.1) is 17.0 Å². The Hall–Kier alpha value is -0.850. The molecule has 0 aromatic heterocycles. The third-order valence-corrected chi connectivity index (χ3v) is 4.68. The van der Waals surface area contributed by atoms with Crippen LogP contribution in [0.3, 0.4) is 0 Å². The van der Waals surface area contributed by atoms with Gasteiger partial charge in [-0.3, -0.25) is 4.79 Å². The summed E-state index contributed by atoms with van der Waals surface area (Å²) in [7, 11) is 1.03. The van der Waals surface area contributed by atoms with Crippen molar-refractivity contribution in [2.24, 2.45) is 0 Å². The second kappa shape index (κ2) is 4.08. The van der Waals surface area contributed by atoms with Gasteiger partial charge in [-0.1, -0.05) is 17.7 Å². The maximum atomic E-state index is 13.1. The molecular weight excluding hydrogens is 304 g/mol. The maximum Gasteiger partial charge on any atom is 0.324 e. The predicted molar refractivity (Wildman–Crippen MR) is 65.0 cm³/mol. The summed E-state index contributed by atoms with van der Waals surface area (Å²) in [5.41, 5.74) is -0.702. The number of hydrogen-bond donors (Lipinski definition) is 0. The van der Waals surface area contributed by atoms with Crippen molar-refractivity contribution in [1.29, 1.82) is 0 Å². The van der Waals surface area contributed by atoms with Crippen molar-refractivity contribution < 1.29 is 17.6 Å². The zero-order valence-electron chi connectivity index (χ0n) is 9.15. The summed E-state index contributed by atoms with van der Waals surface area (Å²) in [5.74, 6) is -1.22. The SMILES string of the molecule is CC1(c2ccc(F)c(Cl)c2)CC(=O)N1S(=O)(=O)Cl. The van der Waals surface area contributed by atoms with E-state index in [2.05, 4.69) is 0 Å². The monoisotopic (exact) mass is 311 g/mol. The van der Waals surface area contributed by atoms with Gasteiger partial charge in [0.1, 0.15) is 5.82 Å². The number of carbonyl (C=O) groups is 1. The lowest BCUT2D eigenvalue weighted by Crippen LogP contribution is -2.60. The number of benzene rings is 1. The quantitative estimate of drug-likeness (QED) is 0.622. The molecule has 1 aliphatic heterocycles. The first-order chi connectivity index (χ1) is 8.16. The molecule has 1 unspecified atom stereocenters. The Balaban J connectivity index is 2.50. The van der Waals surface area contributed by atoms with E-state index in [1.807, 2.05) is 0 Å². The van der Waals surface area contributed by atoms with Crippen LogP contribution in [0.5, 0.6) is 0 Å². The Kier molecular flexibility index (Phi) is 3.08. The molecule has 1 aromatic rings. The number of rotatable bonds is 2. The molecule has 0 bridgehead atoms. The molecule has 1 amide bonds. The van der Waals surface area contributed by atoms with Gasteiger partial charge < -0.3 is 0 Å². The summed E-state index contributed by atoms with van der Waals surface area (Å²) in [4.78, 5) is 11.4. The molecule has 0 radical (unpaired) electrons. The average molecular weight is 312 g/mol. The lowest BCUT2D eigenvalue weighted by atomic mass is 9.82. The molecule has 8 heteroatoms. The summed E-state index contributed by atoms with van der Waals surface area (Å²) in [5, 5.41) is -0.139. The normalized spacial score (nSPS) is 24.0. The van der Waals surface area contributed by atoms with E-state index in [0.717, 1.165) is 6.07 Å². The smallest absolute Gasteiger partial charge is 0.274 e. The fourth-order valence-corrected chi connectivity index (χ4v) is 3.86. The Labute approximate surface area is 113 Å². The van der Waals surface area contributed by atoms with Crippen molar-refractivity contribution in [2.45, 2.75) is 18.9 Å². The minimum Gasteiger partial charge on any atom is -0.274 e. The molecule has 2 rings (SSSR count). The first kappa shape index (κ1) is 13.6. The number of nitrogens with zero attached hydrogens (tertiary/aromatic N) is 1. The topological polar surface area (TPSA) is 54.5 Å². The first-order valence-electron chi connectivity index (χ1n) is 4.89. The van der Waals surface area contributed by atoms with E-state index in [9.17, 15) is 17.6 Å². The van der Waals surface area contributed by atoms with Crippen LogP contribution in [-0.4, -0.2) is 18.6 Å². The largest absolute Gasteiger partial charge is 0.324 e. The van der Waals surface area contributed by atoms with Crippen LogP contribution >= 0.6 is 22.3 Å². The molecule has 0 aliphatic carbocycles. The van der Waals surface area contributed by atoms with E-state index >= 15 is 0 Å². The number of β-lactam (4-membered cyclic amide) rings is 1. The predicted octanol–water partition coefficient (Wildman–Crippen LogP) is 2.41. The second-order valence-corrected chi connectivity index (χ2v) is 6.95. The highest BCUT2D eigenvalue weighted by Crippen LogP contribution is 2.44. The molecule has 1 fully saturated rings.